The number of phenolic OH excluding ortho intramolecular Hbond substituents is 1. The van der Waals surface area contributed by atoms with Crippen LogP contribution in [0.25, 0.3) is 0 Å². The van der Waals surface area contributed by atoms with E-state index in [0.717, 1.165) is 16.9 Å². The minimum atomic E-state index is -1.37. The second-order valence-electron chi connectivity index (χ2n) is 5.96. The van der Waals surface area contributed by atoms with E-state index in [-0.39, 0.29) is 23.6 Å². The molecule has 2 rings (SSSR count). The van der Waals surface area contributed by atoms with Crippen molar-refractivity contribution in [3.63, 3.8) is 0 Å². The molecule has 0 radical (unpaired) electrons. The van der Waals surface area contributed by atoms with Crippen molar-refractivity contribution in [2.45, 2.75) is 12.0 Å². The Morgan fingerprint density at radius 2 is 1.89 bits per heavy atom. The number of anilines is 1. The second kappa shape index (κ2) is 9.09. The predicted octanol–water partition coefficient (Wildman–Crippen LogP) is 3.29. The normalized spacial score (nSPS) is 12.3. The number of benzene rings is 2. The Morgan fingerprint density at radius 1 is 1.18 bits per heavy atom. The lowest BCUT2D eigenvalue weighted by atomic mass is 10.0. The summed E-state index contributed by atoms with van der Waals surface area (Å²) in [4.78, 5) is 24.7. The van der Waals surface area contributed by atoms with Gasteiger partial charge in [0.05, 0.1) is 6.42 Å². The highest BCUT2D eigenvalue weighted by Crippen LogP contribution is 2.22. The van der Waals surface area contributed by atoms with Crippen LogP contribution in [0.4, 0.5) is 5.69 Å². The van der Waals surface area contributed by atoms with Gasteiger partial charge >= 0.3 is 0 Å². The Bertz CT molecular complexity index is 921. The third-order valence-electron chi connectivity index (χ3n) is 3.95. The van der Waals surface area contributed by atoms with Gasteiger partial charge in [-0.15, -0.1) is 0 Å². The summed E-state index contributed by atoms with van der Waals surface area (Å²) in [6.07, 6.45) is 3.05. The summed E-state index contributed by atoms with van der Waals surface area (Å²) in [5.41, 5.74) is -0.248. The maximum absolute atomic E-state index is 12.4. The molecule has 0 spiro atoms. The van der Waals surface area contributed by atoms with Crippen molar-refractivity contribution >= 4 is 45.9 Å². The van der Waals surface area contributed by atoms with Crippen LogP contribution < -0.4 is 10.6 Å². The van der Waals surface area contributed by atoms with Gasteiger partial charge < -0.3 is 26.6 Å². The van der Waals surface area contributed by atoms with Gasteiger partial charge in [0.1, 0.15) is 11.3 Å². The molecular formula is C20H19BrN4O3. The number of nitrogens with one attached hydrogen (secondary N) is 4. The maximum atomic E-state index is 12.4. The molecule has 5 N–H and O–H groups in total. The lowest BCUT2D eigenvalue weighted by molar-refractivity contribution is -0.115. The molecule has 144 valence electrons. The summed E-state index contributed by atoms with van der Waals surface area (Å²) in [6.45, 7) is 3.53. The molecule has 28 heavy (non-hydrogen) atoms. The number of amides is 2. The fraction of sp³-hybridized carbons (Fsp3) is 0.100. The third-order valence-corrected chi connectivity index (χ3v) is 4.44. The molecule has 0 bridgehead atoms. The Hall–Kier alpha value is -3.26. The second-order valence-corrected chi connectivity index (χ2v) is 6.87. The number of carbonyl (C=O) groups excluding carboxylic acids is 2. The van der Waals surface area contributed by atoms with Crippen LogP contribution in [-0.2, 0) is 11.2 Å². The van der Waals surface area contributed by atoms with Gasteiger partial charge in [-0.05, 0) is 36.4 Å². The van der Waals surface area contributed by atoms with Crippen molar-refractivity contribution in [2.75, 3.05) is 5.32 Å². The number of hydrogen-bond acceptors (Lipinski definition) is 5. The lowest BCUT2D eigenvalue weighted by Crippen LogP contribution is -2.49. The molecule has 0 saturated carbocycles. The highest BCUT2D eigenvalue weighted by Gasteiger charge is 2.24. The number of aromatic hydroxyl groups is 1. The van der Waals surface area contributed by atoms with Crippen molar-refractivity contribution in [2.24, 2.45) is 0 Å². The first-order valence-electron chi connectivity index (χ1n) is 8.19. The van der Waals surface area contributed by atoms with Gasteiger partial charge in [0.2, 0.25) is 5.91 Å². The SMILES string of the molecule is C=CC(C=N)(C=N)NC(=O)c1cccc(NC(=O)Cc2cc(Br)ccc2O)c1. The molecule has 7 nitrogen and oxygen atoms in total. The van der Waals surface area contributed by atoms with E-state index in [2.05, 4.69) is 33.1 Å². The van der Waals surface area contributed by atoms with Crippen LogP contribution >= 0.6 is 15.9 Å². The van der Waals surface area contributed by atoms with Crippen LogP contribution in [0, 0.1) is 10.8 Å². The summed E-state index contributed by atoms with van der Waals surface area (Å²) >= 11 is 3.29. The van der Waals surface area contributed by atoms with Gasteiger partial charge in [-0.3, -0.25) is 9.59 Å². The zero-order valence-corrected chi connectivity index (χ0v) is 16.4. The molecule has 0 aliphatic rings. The van der Waals surface area contributed by atoms with E-state index in [4.69, 9.17) is 10.8 Å². The average Bonchev–Trinajstić information content (AvgIpc) is 2.69. The van der Waals surface area contributed by atoms with Crippen molar-refractivity contribution in [3.05, 3.63) is 70.7 Å². The maximum Gasteiger partial charge on any atom is 0.252 e. The third kappa shape index (κ3) is 5.14. The molecule has 0 aliphatic heterocycles. The quantitative estimate of drug-likeness (QED) is 0.318. The largest absolute Gasteiger partial charge is 0.508 e. The molecule has 0 saturated heterocycles. The molecule has 2 amide bonds. The van der Waals surface area contributed by atoms with E-state index in [1.54, 1.807) is 30.3 Å². The Balaban J connectivity index is 2.12. The van der Waals surface area contributed by atoms with E-state index in [1.165, 1.54) is 18.2 Å². The van der Waals surface area contributed by atoms with E-state index in [9.17, 15) is 14.7 Å². The van der Waals surface area contributed by atoms with Crippen molar-refractivity contribution in [1.82, 2.24) is 5.32 Å². The molecule has 0 aliphatic carbocycles. The summed E-state index contributed by atoms with van der Waals surface area (Å²) in [6, 6.07) is 11.1. The van der Waals surface area contributed by atoms with E-state index in [0.29, 0.717) is 11.3 Å². The zero-order valence-electron chi connectivity index (χ0n) is 14.8. The van der Waals surface area contributed by atoms with Crippen LogP contribution in [0.5, 0.6) is 5.75 Å². The number of carbonyl (C=O) groups is 2. The van der Waals surface area contributed by atoms with Crippen LogP contribution in [-0.4, -0.2) is 34.9 Å². The van der Waals surface area contributed by atoms with Gasteiger partial charge in [-0.25, -0.2) is 0 Å². The van der Waals surface area contributed by atoms with Crippen molar-refractivity contribution in [1.29, 1.82) is 10.8 Å². The molecule has 2 aromatic rings. The average molecular weight is 443 g/mol. The molecule has 8 heteroatoms. The first-order chi connectivity index (χ1) is 13.3. The highest BCUT2D eigenvalue weighted by atomic mass is 79.9. The summed E-state index contributed by atoms with van der Waals surface area (Å²) < 4.78 is 0.745. The van der Waals surface area contributed by atoms with Gasteiger partial charge in [0.15, 0.2) is 0 Å². The van der Waals surface area contributed by atoms with Crippen LogP contribution in [0.3, 0.4) is 0 Å². The highest BCUT2D eigenvalue weighted by molar-refractivity contribution is 9.10. The topological polar surface area (TPSA) is 126 Å². The fourth-order valence-corrected chi connectivity index (χ4v) is 2.77. The smallest absolute Gasteiger partial charge is 0.252 e. The minimum Gasteiger partial charge on any atom is -0.508 e. The number of phenols is 1. The molecule has 2 aromatic carbocycles. The van der Waals surface area contributed by atoms with Gasteiger partial charge in [-0.1, -0.05) is 34.7 Å². The van der Waals surface area contributed by atoms with Crippen molar-refractivity contribution < 1.29 is 14.7 Å². The first-order valence-corrected chi connectivity index (χ1v) is 8.98. The molecule has 0 aromatic heterocycles. The minimum absolute atomic E-state index is 0.0190. The zero-order chi connectivity index (χ0) is 20.7. The van der Waals surface area contributed by atoms with Gasteiger partial charge in [0, 0.05) is 33.7 Å². The van der Waals surface area contributed by atoms with Crippen molar-refractivity contribution in [3.8, 4) is 5.75 Å². The first kappa shape index (κ1) is 21.0. The summed E-state index contributed by atoms with van der Waals surface area (Å²) in [7, 11) is 0. The number of halogens is 1. The van der Waals surface area contributed by atoms with Gasteiger partial charge in [0.25, 0.3) is 5.91 Å². The Morgan fingerprint density at radius 3 is 2.54 bits per heavy atom. The fourth-order valence-electron chi connectivity index (χ4n) is 2.36. The predicted molar refractivity (Wildman–Crippen MR) is 113 cm³/mol. The van der Waals surface area contributed by atoms with Crippen LogP contribution in [0.2, 0.25) is 0 Å². The molecule has 0 atom stereocenters. The van der Waals surface area contributed by atoms with Crippen LogP contribution in [0.1, 0.15) is 15.9 Å². The Kier molecular flexibility index (Phi) is 6.84. The van der Waals surface area contributed by atoms with E-state index >= 15 is 0 Å². The number of hydrogen-bond donors (Lipinski definition) is 5. The summed E-state index contributed by atoms with van der Waals surface area (Å²) in [5.74, 6) is -0.858. The number of rotatable bonds is 8. The molecule has 0 fully saturated rings. The van der Waals surface area contributed by atoms with E-state index in [1.807, 2.05) is 0 Å². The monoisotopic (exact) mass is 442 g/mol. The summed E-state index contributed by atoms with van der Waals surface area (Å²) in [5, 5.41) is 29.9. The van der Waals surface area contributed by atoms with Crippen LogP contribution in [0.15, 0.2) is 59.6 Å². The van der Waals surface area contributed by atoms with E-state index < -0.39 is 11.4 Å². The molecular weight excluding hydrogens is 424 g/mol. The Labute approximate surface area is 170 Å². The standard InChI is InChI=1S/C20H19BrN4O3/c1-2-20(11-22,12-23)25-19(28)13-4-3-5-16(9-13)24-18(27)10-14-8-15(21)6-7-17(14)26/h2-9,11-12,22-23,26H,1,10H2,(H,24,27)(H,25,28). The van der Waals surface area contributed by atoms with Gasteiger partial charge in [-0.2, -0.15) is 0 Å². The molecule has 0 heterocycles. The lowest BCUT2D eigenvalue weighted by Gasteiger charge is -2.22. The molecule has 0 unspecified atom stereocenters.